The van der Waals surface area contributed by atoms with Crippen LogP contribution in [0.1, 0.15) is 58.3 Å². The van der Waals surface area contributed by atoms with Gasteiger partial charge in [0.15, 0.2) is 5.75 Å². The first-order chi connectivity index (χ1) is 7.47. The molecule has 0 saturated heterocycles. The number of hydrogen-bond donors (Lipinski definition) is 1. The monoisotopic (exact) mass is 224 g/mol. The number of aromatic nitrogens is 2. The summed E-state index contributed by atoms with van der Waals surface area (Å²) >= 11 is 0. The van der Waals surface area contributed by atoms with Gasteiger partial charge in [-0.2, -0.15) is 5.10 Å². The Labute approximate surface area is 98.5 Å². The van der Waals surface area contributed by atoms with Crippen molar-refractivity contribution < 1.29 is 5.11 Å². The van der Waals surface area contributed by atoms with Crippen molar-refractivity contribution in [1.29, 1.82) is 0 Å². The second-order valence-corrected chi connectivity index (χ2v) is 5.16. The van der Waals surface area contributed by atoms with Gasteiger partial charge in [-0.15, -0.1) is 0 Å². The van der Waals surface area contributed by atoms with Gasteiger partial charge in [0.2, 0.25) is 0 Å². The maximum Gasteiger partial charge on any atom is 0.160 e. The number of aromatic hydroxyl groups is 1. The molecule has 1 aromatic heterocycles. The minimum absolute atomic E-state index is 0.281. The zero-order valence-corrected chi connectivity index (χ0v) is 11.1. The molecule has 0 bridgehead atoms. The van der Waals surface area contributed by atoms with E-state index in [0.29, 0.717) is 11.7 Å². The van der Waals surface area contributed by atoms with Crippen LogP contribution in [0.3, 0.4) is 0 Å². The molecule has 92 valence electrons. The summed E-state index contributed by atoms with van der Waals surface area (Å²) in [5.41, 5.74) is 1.84. The Morgan fingerprint density at radius 2 is 1.88 bits per heavy atom. The molecule has 1 heterocycles. The molecule has 0 aliphatic rings. The van der Waals surface area contributed by atoms with Gasteiger partial charge in [-0.05, 0) is 18.8 Å². The van der Waals surface area contributed by atoms with Crippen LogP contribution in [0.15, 0.2) is 0 Å². The zero-order valence-electron chi connectivity index (χ0n) is 11.1. The molecular formula is C13H24N2O. The summed E-state index contributed by atoms with van der Waals surface area (Å²) in [5, 5.41) is 14.7. The van der Waals surface area contributed by atoms with Crippen molar-refractivity contribution in [2.45, 2.75) is 59.9 Å². The second kappa shape index (κ2) is 5.37. The summed E-state index contributed by atoms with van der Waals surface area (Å²) in [5.74, 6) is 1.24. The molecule has 1 N–H and O–H groups in total. The first-order valence-electron chi connectivity index (χ1n) is 6.25. The summed E-state index contributed by atoms with van der Waals surface area (Å²) in [4.78, 5) is 0. The highest BCUT2D eigenvalue weighted by atomic mass is 16.3. The largest absolute Gasteiger partial charge is 0.504 e. The lowest BCUT2D eigenvalue weighted by molar-refractivity contribution is 0.447. The molecule has 1 aromatic rings. The minimum Gasteiger partial charge on any atom is -0.504 e. The Balaban J connectivity index is 3.09. The van der Waals surface area contributed by atoms with E-state index in [1.807, 2.05) is 4.68 Å². The van der Waals surface area contributed by atoms with E-state index in [2.05, 4.69) is 39.7 Å². The van der Waals surface area contributed by atoms with E-state index in [1.165, 1.54) is 0 Å². The maximum absolute atomic E-state index is 10.2. The average molecular weight is 224 g/mol. The van der Waals surface area contributed by atoms with Crippen LogP contribution in [0.25, 0.3) is 0 Å². The summed E-state index contributed by atoms with van der Waals surface area (Å²) in [6.45, 7) is 11.5. The molecule has 3 nitrogen and oxygen atoms in total. The van der Waals surface area contributed by atoms with Gasteiger partial charge in [-0.1, -0.05) is 34.6 Å². The van der Waals surface area contributed by atoms with Crippen LogP contribution in [0.4, 0.5) is 0 Å². The van der Waals surface area contributed by atoms with Crippen molar-refractivity contribution >= 4 is 0 Å². The SMILES string of the molecule is CCCn1nc(C(C)C)c(O)c1CC(C)C. The number of aryl methyl sites for hydroxylation is 1. The third kappa shape index (κ3) is 2.77. The van der Waals surface area contributed by atoms with E-state index in [0.717, 1.165) is 30.8 Å². The zero-order chi connectivity index (χ0) is 12.3. The van der Waals surface area contributed by atoms with Gasteiger partial charge >= 0.3 is 0 Å². The molecule has 0 unspecified atom stereocenters. The smallest absolute Gasteiger partial charge is 0.160 e. The Kier molecular flexibility index (Phi) is 4.39. The normalized spacial score (nSPS) is 11.7. The fraction of sp³-hybridized carbons (Fsp3) is 0.769. The van der Waals surface area contributed by atoms with Gasteiger partial charge in [0, 0.05) is 12.5 Å². The Bertz CT molecular complexity index is 340. The highest BCUT2D eigenvalue weighted by Gasteiger charge is 2.19. The summed E-state index contributed by atoms with van der Waals surface area (Å²) in [6.07, 6.45) is 1.94. The van der Waals surface area contributed by atoms with Crippen LogP contribution in [-0.2, 0) is 13.0 Å². The molecule has 0 atom stereocenters. The van der Waals surface area contributed by atoms with Gasteiger partial charge in [0.05, 0.1) is 5.69 Å². The van der Waals surface area contributed by atoms with E-state index < -0.39 is 0 Å². The first kappa shape index (κ1) is 13.1. The summed E-state index contributed by atoms with van der Waals surface area (Å²) in [6, 6.07) is 0. The maximum atomic E-state index is 10.2. The Morgan fingerprint density at radius 1 is 1.25 bits per heavy atom. The van der Waals surface area contributed by atoms with Crippen LogP contribution in [0.2, 0.25) is 0 Å². The highest BCUT2D eigenvalue weighted by molar-refractivity contribution is 5.34. The molecule has 0 aromatic carbocycles. The van der Waals surface area contributed by atoms with E-state index in [-0.39, 0.29) is 5.92 Å². The van der Waals surface area contributed by atoms with Crippen LogP contribution >= 0.6 is 0 Å². The highest BCUT2D eigenvalue weighted by Crippen LogP contribution is 2.30. The molecule has 0 saturated carbocycles. The van der Waals surface area contributed by atoms with Crippen LogP contribution in [-0.4, -0.2) is 14.9 Å². The van der Waals surface area contributed by atoms with E-state index >= 15 is 0 Å². The topological polar surface area (TPSA) is 38.0 Å². The van der Waals surface area contributed by atoms with Crippen LogP contribution < -0.4 is 0 Å². The number of nitrogens with zero attached hydrogens (tertiary/aromatic N) is 2. The summed E-state index contributed by atoms with van der Waals surface area (Å²) < 4.78 is 1.98. The fourth-order valence-corrected chi connectivity index (χ4v) is 1.88. The van der Waals surface area contributed by atoms with Crippen molar-refractivity contribution in [2.75, 3.05) is 0 Å². The predicted molar refractivity (Wildman–Crippen MR) is 66.8 cm³/mol. The minimum atomic E-state index is 0.281. The van der Waals surface area contributed by atoms with Crippen LogP contribution in [0.5, 0.6) is 5.75 Å². The molecule has 0 radical (unpaired) electrons. The molecule has 1 rings (SSSR count). The Hall–Kier alpha value is -0.990. The van der Waals surface area contributed by atoms with E-state index in [1.54, 1.807) is 0 Å². The lowest BCUT2D eigenvalue weighted by Crippen LogP contribution is -2.07. The van der Waals surface area contributed by atoms with Crippen molar-refractivity contribution in [3.63, 3.8) is 0 Å². The number of hydrogen-bond acceptors (Lipinski definition) is 2. The lowest BCUT2D eigenvalue weighted by atomic mass is 10.0. The van der Waals surface area contributed by atoms with Gasteiger partial charge in [0.1, 0.15) is 5.69 Å². The molecular weight excluding hydrogens is 200 g/mol. The lowest BCUT2D eigenvalue weighted by Gasteiger charge is -2.08. The van der Waals surface area contributed by atoms with Crippen molar-refractivity contribution in [3.8, 4) is 5.75 Å². The molecule has 16 heavy (non-hydrogen) atoms. The molecule has 0 fully saturated rings. The standard InChI is InChI=1S/C13H24N2O/c1-6-7-15-11(8-9(2)3)13(16)12(14-15)10(4)5/h9-10,16H,6-8H2,1-5H3. The second-order valence-electron chi connectivity index (χ2n) is 5.16. The quantitative estimate of drug-likeness (QED) is 0.833. The fourth-order valence-electron chi connectivity index (χ4n) is 1.88. The van der Waals surface area contributed by atoms with Gasteiger partial charge in [-0.25, -0.2) is 0 Å². The van der Waals surface area contributed by atoms with Crippen molar-refractivity contribution in [3.05, 3.63) is 11.4 Å². The van der Waals surface area contributed by atoms with E-state index in [9.17, 15) is 5.11 Å². The van der Waals surface area contributed by atoms with Gasteiger partial charge in [-0.3, -0.25) is 4.68 Å². The predicted octanol–water partition coefficient (Wildman–Crippen LogP) is 3.32. The molecule has 0 aliphatic heterocycles. The van der Waals surface area contributed by atoms with Crippen LogP contribution in [0, 0.1) is 5.92 Å². The molecule has 0 spiro atoms. The Morgan fingerprint density at radius 3 is 2.31 bits per heavy atom. The van der Waals surface area contributed by atoms with E-state index in [4.69, 9.17) is 0 Å². The average Bonchev–Trinajstić information content (AvgIpc) is 2.46. The first-order valence-corrected chi connectivity index (χ1v) is 6.25. The summed E-state index contributed by atoms with van der Waals surface area (Å²) in [7, 11) is 0. The van der Waals surface area contributed by atoms with Crippen molar-refractivity contribution in [2.24, 2.45) is 5.92 Å². The number of rotatable bonds is 5. The van der Waals surface area contributed by atoms with Gasteiger partial charge in [0.25, 0.3) is 0 Å². The molecule has 0 amide bonds. The molecule has 3 heteroatoms. The molecule has 0 aliphatic carbocycles. The third-order valence-electron chi connectivity index (χ3n) is 2.64. The van der Waals surface area contributed by atoms with Gasteiger partial charge < -0.3 is 5.11 Å². The van der Waals surface area contributed by atoms with Crippen molar-refractivity contribution in [1.82, 2.24) is 9.78 Å². The third-order valence-corrected chi connectivity index (χ3v) is 2.64.